The number of aliphatic carboxylic acids is 1. The van der Waals surface area contributed by atoms with E-state index in [0.29, 0.717) is 17.4 Å². The lowest BCUT2D eigenvalue weighted by Gasteiger charge is -2.08. The van der Waals surface area contributed by atoms with Gasteiger partial charge in [-0.1, -0.05) is 11.8 Å². The third kappa shape index (κ3) is 3.53. The fourth-order valence-corrected chi connectivity index (χ4v) is 2.07. The Morgan fingerprint density at radius 1 is 1.62 bits per heavy atom. The van der Waals surface area contributed by atoms with E-state index in [-0.39, 0.29) is 0 Å². The lowest BCUT2D eigenvalue weighted by atomic mass is 10.2. The summed E-state index contributed by atoms with van der Waals surface area (Å²) in [5.74, 6) is 0.644. The summed E-state index contributed by atoms with van der Waals surface area (Å²) in [6, 6.07) is -0.510. The van der Waals surface area contributed by atoms with E-state index in [1.54, 1.807) is 7.05 Å². The normalized spacial score (nSPS) is 12.7. The molecule has 0 aliphatic carbocycles. The molecule has 1 rings (SSSR count). The Morgan fingerprint density at radius 3 is 2.75 bits per heavy atom. The van der Waals surface area contributed by atoms with Crippen LogP contribution in [0.3, 0.4) is 0 Å². The summed E-state index contributed by atoms with van der Waals surface area (Å²) >= 11 is 1.44. The quantitative estimate of drug-likeness (QED) is 0.738. The molecule has 1 aromatic heterocycles. The number of aryl methyl sites for hydroxylation is 2. The molecule has 0 saturated carbocycles. The maximum atomic E-state index is 10.7. The molecule has 1 unspecified atom stereocenters. The first-order valence-corrected chi connectivity index (χ1v) is 6.00. The lowest BCUT2D eigenvalue weighted by Crippen LogP contribution is -2.34. The molecule has 0 aliphatic rings. The zero-order chi connectivity index (χ0) is 12.1. The van der Waals surface area contributed by atoms with Gasteiger partial charge in [0.1, 0.15) is 11.8 Å². The molecule has 0 bridgehead atoms. The standard InChI is InChI=1S/C10H16N2O3S/c1-6-7(2)15-10(12-6)16-5-4-8(11-3)9(13)14/h8,11H,4-5H2,1-3H3,(H,13,14). The molecule has 0 aromatic carbocycles. The Bertz CT molecular complexity index is 345. The molecule has 0 fully saturated rings. The topological polar surface area (TPSA) is 75.4 Å². The second-order valence-electron chi connectivity index (χ2n) is 3.44. The third-order valence-corrected chi connectivity index (χ3v) is 3.15. The second-order valence-corrected chi connectivity index (χ2v) is 4.48. The van der Waals surface area contributed by atoms with Crippen molar-refractivity contribution in [3.05, 3.63) is 11.5 Å². The number of nitrogens with one attached hydrogen (secondary N) is 1. The van der Waals surface area contributed by atoms with Gasteiger partial charge in [-0.05, 0) is 27.3 Å². The average Bonchev–Trinajstić information content (AvgIpc) is 2.53. The van der Waals surface area contributed by atoms with Gasteiger partial charge in [0.25, 0.3) is 5.22 Å². The first kappa shape index (κ1) is 13.1. The number of thioether (sulfide) groups is 1. The highest BCUT2D eigenvalue weighted by Gasteiger charge is 2.15. The Hall–Kier alpha value is -1.01. The summed E-state index contributed by atoms with van der Waals surface area (Å²) in [5, 5.41) is 12.2. The Balaban J connectivity index is 2.38. The lowest BCUT2D eigenvalue weighted by molar-refractivity contribution is -0.139. The van der Waals surface area contributed by atoms with Crippen LogP contribution in [0.2, 0.25) is 0 Å². The number of carbonyl (C=O) groups is 1. The predicted molar refractivity (Wildman–Crippen MR) is 61.8 cm³/mol. The van der Waals surface area contributed by atoms with Gasteiger partial charge in [-0.2, -0.15) is 0 Å². The Morgan fingerprint density at radius 2 is 2.31 bits per heavy atom. The molecule has 0 aliphatic heterocycles. The number of likely N-dealkylation sites (N-methyl/N-ethyl adjacent to an activating group) is 1. The van der Waals surface area contributed by atoms with E-state index in [0.717, 1.165) is 11.5 Å². The Kier molecular flexibility index (Phi) is 4.82. The molecule has 2 N–H and O–H groups in total. The van der Waals surface area contributed by atoms with E-state index in [2.05, 4.69) is 10.3 Å². The molecule has 16 heavy (non-hydrogen) atoms. The second kappa shape index (κ2) is 5.91. The molecule has 1 atom stereocenters. The van der Waals surface area contributed by atoms with E-state index < -0.39 is 12.0 Å². The number of rotatable bonds is 6. The van der Waals surface area contributed by atoms with Crippen molar-refractivity contribution in [1.29, 1.82) is 0 Å². The molecule has 0 amide bonds. The smallest absolute Gasteiger partial charge is 0.320 e. The van der Waals surface area contributed by atoms with Crippen LogP contribution in [-0.4, -0.2) is 34.9 Å². The number of carboxylic acids is 1. The van der Waals surface area contributed by atoms with Crippen LogP contribution in [0.1, 0.15) is 17.9 Å². The highest BCUT2D eigenvalue weighted by Crippen LogP contribution is 2.21. The predicted octanol–water partition coefficient (Wildman–Crippen LogP) is 1.45. The van der Waals surface area contributed by atoms with Crippen molar-refractivity contribution in [2.24, 2.45) is 0 Å². The van der Waals surface area contributed by atoms with Crippen molar-refractivity contribution in [3.63, 3.8) is 0 Å². The van der Waals surface area contributed by atoms with Gasteiger partial charge in [-0.3, -0.25) is 4.79 Å². The van der Waals surface area contributed by atoms with Crippen LogP contribution in [0.25, 0.3) is 0 Å². The number of hydrogen-bond acceptors (Lipinski definition) is 5. The first-order chi connectivity index (χ1) is 7.54. The summed E-state index contributed by atoms with van der Waals surface area (Å²) < 4.78 is 5.37. The van der Waals surface area contributed by atoms with Crippen molar-refractivity contribution >= 4 is 17.7 Å². The monoisotopic (exact) mass is 244 g/mol. The van der Waals surface area contributed by atoms with Crippen LogP contribution in [0, 0.1) is 13.8 Å². The van der Waals surface area contributed by atoms with Crippen LogP contribution in [0.4, 0.5) is 0 Å². The summed E-state index contributed by atoms with van der Waals surface area (Å²) in [5.41, 5.74) is 0.880. The van der Waals surface area contributed by atoms with Crippen LogP contribution in [-0.2, 0) is 4.79 Å². The van der Waals surface area contributed by atoms with Gasteiger partial charge in [0.2, 0.25) is 0 Å². The van der Waals surface area contributed by atoms with Crippen molar-refractivity contribution in [1.82, 2.24) is 10.3 Å². The average molecular weight is 244 g/mol. The fraction of sp³-hybridized carbons (Fsp3) is 0.600. The van der Waals surface area contributed by atoms with Crippen molar-refractivity contribution < 1.29 is 14.3 Å². The van der Waals surface area contributed by atoms with E-state index in [4.69, 9.17) is 9.52 Å². The molecular weight excluding hydrogens is 228 g/mol. The minimum Gasteiger partial charge on any atom is -0.480 e. The zero-order valence-electron chi connectivity index (χ0n) is 9.61. The maximum absolute atomic E-state index is 10.7. The molecule has 0 radical (unpaired) electrons. The van der Waals surface area contributed by atoms with E-state index >= 15 is 0 Å². The number of hydrogen-bond donors (Lipinski definition) is 2. The molecular formula is C10H16N2O3S. The van der Waals surface area contributed by atoms with Crippen LogP contribution >= 0.6 is 11.8 Å². The first-order valence-electron chi connectivity index (χ1n) is 5.01. The number of aromatic nitrogens is 1. The van der Waals surface area contributed by atoms with Gasteiger partial charge in [0.15, 0.2) is 0 Å². The van der Waals surface area contributed by atoms with Gasteiger partial charge in [-0.15, -0.1) is 0 Å². The van der Waals surface area contributed by atoms with Crippen LogP contribution in [0.15, 0.2) is 9.64 Å². The molecule has 1 heterocycles. The summed E-state index contributed by atoms with van der Waals surface area (Å²) in [6.07, 6.45) is 0.539. The van der Waals surface area contributed by atoms with Gasteiger partial charge in [0, 0.05) is 5.75 Å². The van der Waals surface area contributed by atoms with E-state index in [1.807, 2.05) is 13.8 Å². The highest BCUT2D eigenvalue weighted by atomic mass is 32.2. The van der Waals surface area contributed by atoms with Crippen molar-refractivity contribution in [2.45, 2.75) is 31.5 Å². The summed E-state index contributed by atoms with van der Waals surface area (Å²) in [4.78, 5) is 14.9. The minimum absolute atomic E-state index is 0.510. The molecule has 6 heteroatoms. The van der Waals surface area contributed by atoms with Gasteiger partial charge >= 0.3 is 5.97 Å². The van der Waals surface area contributed by atoms with Gasteiger partial charge < -0.3 is 14.8 Å². The van der Waals surface area contributed by atoms with Crippen LogP contribution < -0.4 is 5.32 Å². The van der Waals surface area contributed by atoms with Crippen molar-refractivity contribution in [2.75, 3.05) is 12.8 Å². The summed E-state index contributed by atoms with van der Waals surface area (Å²) in [7, 11) is 1.64. The van der Waals surface area contributed by atoms with Gasteiger partial charge in [0.05, 0.1) is 5.69 Å². The van der Waals surface area contributed by atoms with Gasteiger partial charge in [-0.25, -0.2) is 4.98 Å². The maximum Gasteiger partial charge on any atom is 0.320 e. The zero-order valence-corrected chi connectivity index (χ0v) is 10.4. The molecule has 90 valence electrons. The Labute approximate surface area is 98.6 Å². The molecule has 0 saturated heterocycles. The van der Waals surface area contributed by atoms with Crippen molar-refractivity contribution in [3.8, 4) is 0 Å². The van der Waals surface area contributed by atoms with E-state index in [1.165, 1.54) is 11.8 Å². The number of oxazole rings is 1. The molecule has 0 spiro atoms. The number of carboxylic acid groups (broad SMARTS) is 1. The fourth-order valence-electron chi connectivity index (χ4n) is 1.16. The SMILES string of the molecule is CNC(CCSc1nc(C)c(C)o1)C(=O)O. The molecule has 5 nitrogen and oxygen atoms in total. The van der Waals surface area contributed by atoms with E-state index in [9.17, 15) is 4.79 Å². The largest absolute Gasteiger partial charge is 0.480 e. The third-order valence-electron chi connectivity index (χ3n) is 2.29. The van der Waals surface area contributed by atoms with Crippen LogP contribution in [0.5, 0.6) is 0 Å². The number of nitrogens with zero attached hydrogens (tertiary/aromatic N) is 1. The minimum atomic E-state index is -0.831. The highest BCUT2D eigenvalue weighted by molar-refractivity contribution is 7.99. The summed E-state index contributed by atoms with van der Waals surface area (Å²) in [6.45, 7) is 3.75. The molecule has 1 aromatic rings.